The Hall–Kier alpha value is -3.51. The van der Waals surface area contributed by atoms with Crippen molar-refractivity contribution in [3.05, 3.63) is 61.9 Å². The third-order valence-electron chi connectivity index (χ3n) is 5.96. The fourth-order valence-corrected chi connectivity index (χ4v) is 5.21. The Labute approximate surface area is 219 Å². The van der Waals surface area contributed by atoms with Crippen LogP contribution in [-0.2, 0) is 20.9 Å². The summed E-state index contributed by atoms with van der Waals surface area (Å²) in [4.78, 5) is 39.2. The van der Waals surface area contributed by atoms with Crippen LogP contribution in [-0.4, -0.2) is 41.7 Å². The molecule has 1 fully saturated rings. The van der Waals surface area contributed by atoms with Gasteiger partial charge >= 0.3 is 11.9 Å². The molecular formula is C25H25BrF2N4O5. The second kappa shape index (κ2) is 9.75. The quantitative estimate of drug-likeness (QED) is 0.336. The Bertz CT molecular complexity index is 1500. The summed E-state index contributed by atoms with van der Waals surface area (Å²) in [5.74, 6) is -2.97. The fourth-order valence-electron chi connectivity index (χ4n) is 4.36. The van der Waals surface area contributed by atoms with Gasteiger partial charge in [-0.15, -0.1) is 0 Å². The van der Waals surface area contributed by atoms with Gasteiger partial charge < -0.3 is 30.4 Å². The minimum Gasteiger partial charge on any atom is -0.462 e. The number of fused-ring (bicyclic) bond motifs is 1. The molecule has 0 saturated carbocycles. The van der Waals surface area contributed by atoms with Crippen LogP contribution in [0.4, 0.5) is 20.2 Å². The molecule has 1 aromatic heterocycles. The van der Waals surface area contributed by atoms with E-state index in [1.54, 1.807) is 11.8 Å². The molecule has 2 aromatic carbocycles. The van der Waals surface area contributed by atoms with E-state index in [4.69, 9.17) is 20.9 Å². The van der Waals surface area contributed by atoms with Crippen LogP contribution in [0.3, 0.4) is 0 Å². The number of pyridine rings is 1. The summed E-state index contributed by atoms with van der Waals surface area (Å²) in [5, 5.41) is -0.129. The van der Waals surface area contributed by atoms with Crippen molar-refractivity contribution in [2.45, 2.75) is 32.9 Å². The predicted octanol–water partition coefficient (Wildman–Crippen LogP) is 3.39. The number of ether oxygens (including phenoxy) is 2. The maximum absolute atomic E-state index is 15.4. The van der Waals surface area contributed by atoms with Crippen LogP contribution in [0.15, 0.2) is 33.7 Å². The average Bonchev–Trinajstić information content (AvgIpc) is 2.79. The summed E-state index contributed by atoms with van der Waals surface area (Å²) in [5.41, 5.74) is 10.9. The smallest absolute Gasteiger partial charge is 0.343 e. The Morgan fingerprint density at radius 3 is 2.43 bits per heavy atom. The maximum atomic E-state index is 15.4. The number of halogens is 3. The molecule has 2 heterocycles. The number of hydrogen-bond acceptors (Lipinski definition) is 8. The van der Waals surface area contributed by atoms with E-state index in [0.29, 0.717) is 13.1 Å². The zero-order valence-corrected chi connectivity index (χ0v) is 21.9. The van der Waals surface area contributed by atoms with Crippen molar-refractivity contribution in [1.82, 2.24) is 4.57 Å². The highest BCUT2D eigenvalue weighted by molar-refractivity contribution is 9.10. The van der Waals surface area contributed by atoms with Crippen LogP contribution in [0, 0.1) is 11.6 Å². The van der Waals surface area contributed by atoms with Crippen molar-refractivity contribution in [1.29, 1.82) is 0 Å². The molecule has 9 nitrogen and oxygen atoms in total. The van der Waals surface area contributed by atoms with E-state index < -0.39 is 34.5 Å². The van der Waals surface area contributed by atoms with Crippen LogP contribution in [0.25, 0.3) is 16.6 Å². The van der Waals surface area contributed by atoms with E-state index in [0.717, 1.165) is 12.1 Å². The van der Waals surface area contributed by atoms with Gasteiger partial charge in [0.1, 0.15) is 23.8 Å². The van der Waals surface area contributed by atoms with E-state index >= 15 is 4.39 Å². The second-order valence-electron chi connectivity index (χ2n) is 9.17. The molecule has 0 bridgehead atoms. The number of benzene rings is 2. The molecule has 1 saturated heterocycles. The highest BCUT2D eigenvalue weighted by Crippen LogP contribution is 2.40. The monoisotopic (exact) mass is 578 g/mol. The number of hydrogen-bond donors (Lipinski definition) is 2. The SMILES string of the molecule is CCOC(=O)c1cn(-c2cc(N)c(F)cc2COC(C)=O)c2c(Br)c(N3CC(C)(N)C3)c(F)cc2c1=O. The van der Waals surface area contributed by atoms with Gasteiger partial charge in [0.2, 0.25) is 5.43 Å². The maximum Gasteiger partial charge on any atom is 0.343 e. The Balaban J connectivity index is 2.08. The zero-order chi connectivity index (χ0) is 27.2. The fraction of sp³-hybridized carbons (Fsp3) is 0.320. The third-order valence-corrected chi connectivity index (χ3v) is 6.71. The molecule has 0 spiro atoms. The summed E-state index contributed by atoms with van der Waals surface area (Å²) in [6.07, 6.45) is 1.22. The minimum absolute atomic E-state index is 0.00131. The summed E-state index contributed by atoms with van der Waals surface area (Å²) in [6, 6.07) is 3.42. The topological polar surface area (TPSA) is 130 Å². The van der Waals surface area contributed by atoms with Gasteiger partial charge in [0, 0.05) is 37.3 Å². The van der Waals surface area contributed by atoms with E-state index in [-0.39, 0.29) is 56.8 Å². The number of aromatic nitrogens is 1. The number of carbonyl (C=O) groups is 2. The highest BCUT2D eigenvalue weighted by Gasteiger charge is 2.38. The molecule has 4 rings (SSSR count). The normalized spacial score (nSPS) is 14.4. The summed E-state index contributed by atoms with van der Waals surface area (Å²) < 4.78 is 41.6. The largest absolute Gasteiger partial charge is 0.462 e. The molecule has 0 radical (unpaired) electrons. The lowest BCUT2D eigenvalue weighted by molar-refractivity contribution is -0.142. The standard InChI is InChI=1S/C25H25BrF2N4O5/c1-4-36-24(35)15-8-32(19-7-18(29)16(27)5-13(19)9-37-12(2)33)21-14(23(15)34)6-17(28)22(20(21)26)31-10-25(3,30)11-31/h5-8H,4,9-11,29-30H2,1-3H3. The summed E-state index contributed by atoms with van der Waals surface area (Å²) >= 11 is 3.45. The van der Waals surface area contributed by atoms with Crippen molar-refractivity contribution in [3.8, 4) is 5.69 Å². The number of rotatable bonds is 6. The van der Waals surface area contributed by atoms with E-state index in [1.807, 2.05) is 6.92 Å². The molecule has 196 valence electrons. The van der Waals surface area contributed by atoms with E-state index in [2.05, 4.69) is 15.9 Å². The lowest BCUT2D eigenvalue weighted by Gasteiger charge is -2.47. The predicted molar refractivity (Wildman–Crippen MR) is 138 cm³/mol. The Kier molecular flexibility index (Phi) is 6.99. The zero-order valence-electron chi connectivity index (χ0n) is 20.4. The van der Waals surface area contributed by atoms with Gasteiger partial charge in [0.05, 0.1) is 39.0 Å². The van der Waals surface area contributed by atoms with Crippen molar-refractivity contribution in [2.75, 3.05) is 30.3 Å². The van der Waals surface area contributed by atoms with Crippen molar-refractivity contribution < 1.29 is 27.8 Å². The number of nitrogen functional groups attached to an aromatic ring is 1. The molecule has 1 aliphatic rings. The van der Waals surface area contributed by atoms with Gasteiger partial charge in [-0.3, -0.25) is 9.59 Å². The lowest BCUT2D eigenvalue weighted by Crippen LogP contribution is -2.66. The number of esters is 2. The van der Waals surface area contributed by atoms with Crippen molar-refractivity contribution in [3.63, 3.8) is 0 Å². The first-order valence-electron chi connectivity index (χ1n) is 11.3. The van der Waals surface area contributed by atoms with Gasteiger partial charge in [0.15, 0.2) is 0 Å². The van der Waals surface area contributed by atoms with Crippen LogP contribution in [0.5, 0.6) is 0 Å². The molecule has 0 aliphatic carbocycles. The van der Waals surface area contributed by atoms with Gasteiger partial charge in [0.25, 0.3) is 0 Å². The number of anilines is 2. The molecule has 3 aromatic rings. The summed E-state index contributed by atoms with van der Waals surface area (Å²) in [7, 11) is 0. The Morgan fingerprint density at radius 2 is 1.84 bits per heavy atom. The van der Waals surface area contributed by atoms with Gasteiger partial charge in [-0.05, 0) is 48.0 Å². The second-order valence-corrected chi connectivity index (χ2v) is 9.97. The first-order chi connectivity index (χ1) is 17.3. The first-order valence-corrected chi connectivity index (χ1v) is 12.1. The van der Waals surface area contributed by atoms with Crippen LogP contribution in [0.2, 0.25) is 0 Å². The van der Waals surface area contributed by atoms with Gasteiger partial charge in [-0.25, -0.2) is 13.6 Å². The molecule has 12 heteroatoms. The average molecular weight is 579 g/mol. The lowest BCUT2D eigenvalue weighted by atomic mass is 9.92. The first kappa shape index (κ1) is 26.6. The molecule has 37 heavy (non-hydrogen) atoms. The van der Waals surface area contributed by atoms with Crippen LogP contribution < -0.4 is 21.8 Å². The molecule has 0 amide bonds. The molecule has 0 unspecified atom stereocenters. The number of nitrogens with zero attached hydrogens (tertiary/aromatic N) is 2. The number of nitrogens with two attached hydrogens (primary N) is 2. The van der Waals surface area contributed by atoms with Crippen LogP contribution in [0.1, 0.15) is 36.7 Å². The molecule has 1 aliphatic heterocycles. The van der Waals surface area contributed by atoms with Crippen molar-refractivity contribution in [2.24, 2.45) is 5.73 Å². The van der Waals surface area contributed by atoms with E-state index in [9.17, 15) is 18.8 Å². The molecular weight excluding hydrogens is 554 g/mol. The number of carbonyl (C=O) groups excluding carboxylic acids is 2. The molecule has 4 N–H and O–H groups in total. The van der Waals surface area contributed by atoms with Gasteiger partial charge in [-0.1, -0.05) is 0 Å². The third kappa shape index (κ3) is 4.90. The minimum atomic E-state index is -0.915. The Morgan fingerprint density at radius 1 is 1.16 bits per heavy atom. The van der Waals surface area contributed by atoms with E-state index in [1.165, 1.54) is 23.8 Å². The highest BCUT2D eigenvalue weighted by atomic mass is 79.9. The summed E-state index contributed by atoms with van der Waals surface area (Å²) in [6.45, 7) is 5.01. The van der Waals surface area contributed by atoms with Gasteiger partial charge in [-0.2, -0.15) is 0 Å². The molecule has 0 atom stereocenters. The van der Waals surface area contributed by atoms with Crippen LogP contribution >= 0.6 is 15.9 Å². The van der Waals surface area contributed by atoms with Crippen molar-refractivity contribution >= 4 is 50.1 Å².